The van der Waals surface area contributed by atoms with Crippen molar-refractivity contribution in [2.75, 3.05) is 0 Å². The Balaban J connectivity index is 1.13. The van der Waals surface area contributed by atoms with Gasteiger partial charge in [0, 0.05) is 0 Å². The Hall–Kier alpha value is -6.50. The molecule has 12 aromatic rings. The molecule has 0 heteroatoms. The van der Waals surface area contributed by atoms with Gasteiger partial charge in [0.25, 0.3) is 0 Å². The quantitative estimate of drug-likeness (QED) is 0.155. The van der Waals surface area contributed by atoms with Crippen LogP contribution in [-0.2, 0) is 10.8 Å². The van der Waals surface area contributed by atoms with Gasteiger partial charge in [-0.3, -0.25) is 0 Å². The minimum Gasteiger partial charge on any atom is -0.0616 e. The van der Waals surface area contributed by atoms with E-state index in [0.717, 1.165) is 0 Å². The molecule has 12 rings (SSSR count). The molecule has 12 aromatic carbocycles. The van der Waals surface area contributed by atoms with Gasteiger partial charge in [0.15, 0.2) is 0 Å². The molecule has 0 N–H and O–H groups in total. The molecule has 0 fully saturated rings. The fraction of sp³-hybridized carbons (Fsp3) is 0.138. The summed E-state index contributed by atoms with van der Waals surface area (Å²) in [7, 11) is 0. The molecule has 0 aromatic heterocycles. The molecular weight excluding hydrogens is 697 g/mol. The lowest BCUT2D eigenvalue weighted by molar-refractivity contribution is 0.591. The molecule has 0 aliphatic carbocycles. The van der Waals surface area contributed by atoms with Crippen LogP contribution in [0.2, 0.25) is 0 Å². The number of fused-ring (bicyclic) bond motifs is 5. The first-order valence-corrected chi connectivity index (χ1v) is 20.8. The first-order chi connectivity index (χ1) is 28.0. The summed E-state index contributed by atoms with van der Waals surface area (Å²) >= 11 is 0. The second kappa shape index (κ2) is 11.6. The zero-order chi connectivity index (χ0) is 39.2. The smallest absolute Gasteiger partial charge is 0.00206 e. The van der Waals surface area contributed by atoms with Crippen molar-refractivity contribution in [1.82, 2.24) is 0 Å². The van der Waals surface area contributed by atoms with Crippen molar-refractivity contribution >= 4 is 97.0 Å². The molecule has 0 saturated heterocycles. The molecule has 58 heavy (non-hydrogen) atoms. The topological polar surface area (TPSA) is 0 Å². The molecule has 0 nitrogen and oxygen atoms in total. The van der Waals surface area contributed by atoms with Crippen molar-refractivity contribution in [3.63, 3.8) is 0 Å². The van der Waals surface area contributed by atoms with E-state index in [-0.39, 0.29) is 10.8 Å². The lowest BCUT2D eigenvalue weighted by atomic mass is 9.81. The molecule has 0 atom stereocenters. The number of hydrogen-bond donors (Lipinski definition) is 0. The van der Waals surface area contributed by atoms with E-state index in [1.807, 2.05) is 0 Å². The van der Waals surface area contributed by atoms with Gasteiger partial charge in [0.05, 0.1) is 0 Å². The van der Waals surface area contributed by atoms with Gasteiger partial charge in [-0.1, -0.05) is 187 Å². The summed E-state index contributed by atoms with van der Waals surface area (Å²) in [4.78, 5) is 0. The second-order valence-electron chi connectivity index (χ2n) is 18.9. The second-order valence-corrected chi connectivity index (χ2v) is 18.9. The summed E-state index contributed by atoms with van der Waals surface area (Å²) in [6.45, 7) is 13.9. The lowest BCUT2D eigenvalue weighted by Gasteiger charge is -2.22. The predicted molar refractivity (Wildman–Crippen MR) is 255 cm³/mol. The molecule has 0 radical (unpaired) electrons. The predicted octanol–water partition coefficient (Wildman–Crippen LogP) is 16.9. The summed E-state index contributed by atoms with van der Waals surface area (Å²) in [5.41, 5.74) is 8.06. The van der Waals surface area contributed by atoms with Crippen molar-refractivity contribution in [3.05, 3.63) is 169 Å². The molecule has 0 unspecified atom stereocenters. The highest BCUT2D eigenvalue weighted by atomic mass is 14.3. The van der Waals surface area contributed by atoms with Crippen LogP contribution in [0.1, 0.15) is 52.7 Å². The number of hydrogen-bond acceptors (Lipinski definition) is 0. The normalized spacial score (nSPS) is 13.0. The SMILES string of the molecule is CC(C)(C)c1cc2ccc3ccc(-c4cc5c6ccccc6c(-c6ccc7ccc8cc(C(C)(C)C)cc9ccc6c7c89)cc5c5ccccc45)c4ccc(c1)c2c34. The fourth-order valence-corrected chi connectivity index (χ4v) is 10.4. The van der Waals surface area contributed by atoms with E-state index < -0.39 is 0 Å². The zero-order valence-corrected chi connectivity index (χ0v) is 34.0. The molecule has 0 amide bonds. The van der Waals surface area contributed by atoms with E-state index in [0.29, 0.717) is 0 Å². The van der Waals surface area contributed by atoms with Gasteiger partial charge < -0.3 is 0 Å². The van der Waals surface area contributed by atoms with E-state index in [2.05, 4.69) is 199 Å². The lowest BCUT2D eigenvalue weighted by Crippen LogP contribution is -2.10. The van der Waals surface area contributed by atoms with Crippen molar-refractivity contribution in [2.45, 2.75) is 52.4 Å². The summed E-state index contributed by atoms with van der Waals surface area (Å²) in [5, 5.41) is 23.7. The third-order valence-corrected chi connectivity index (χ3v) is 13.4. The zero-order valence-electron chi connectivity index (χ0n) is 34.0. The first kappa shape index (κ1) is 33.6. The maximum atomic E-state index is 2.49. The molecule has 0 heterocycles. The van der Waals surface area contributed by atoms with Gasteiger partial charge in [-0.15, -0.1) is 0 Å². The van der Waals surface area contributed by atoms with E-state index in [1.54, 1.807) is 0 Å². The van der Waals surface area contributed by atoms with Crippen molar-refractivity contribution in [3.8, 4) is 22.3 Å². The highest BCUT2D eigenvalue weighted by Gasteiger charge is 2.22. The monoisotopic (exact) mass is 740 g/mol. The van der Waals surface area contributed by atoms with E-state index in [9.17, 15) is 0 Å². The summed E-state index contributed by atoms with van der Waals surface area (Å²) < 4.78 is 0. The Morgan fingerprint density at radius 1 is 0.241 bits per heavy atom. The van der Waals surface area contributed by atoms with Gasteiger partial charge in [-0.25, -0.2) is 0 Å². The summed E-state index contributed by atoms with van der Waals surface area (Å²) in [5.74, 6) is 0. The van der Waals surface area contributed by atoms with Gasteiger partial charge in [-0.2, -0.15) is 0 Å². The van der Waals surface area contributed by atoms with Gasteiger partial charge in [0.1, 0.15) is 0 Å². The third kappa shape index (κ3) is 4.69. The highest BCUT2D eigenvalue weighted by Crippen LogP contribution is 2.48. The Kier molecular flexibility index (Phi) is 6.70. The Morgan fingerprint density at radius 3 is 0.948 bits per heavy atom. The average Bonchev–Trinajstić information content (AvgIpc) is 3.23. The fourth-order valence-electron chi connectivity index (χ4n) is 10.4. The van der Waals surface area contributed by atoms with Crippen LogP contribution >= 0.6 is 0 Å². The average molecular weight is 741 g/mol. The molecule has 0 spiro atoms. The van der Waals surface area contributed by atoms with Crippen LogP contribution in [0, 0.1) is 0 Å². The van der Waals surface area contributed by atoms with Gasteiger partial charge in [-0.05, 0) is 153 Å². The van der Waals surface area contributed by atoms with Crippen LogP contribution in [0.3, 0.4) is 0 Å². The van der Waals surface area contributed by atoms with Crippen LogP contribution < -0.4 is 0 Å². The number of rotatable bonds is 2. The standard InChI is InChI=1S/C58H44/c1-57(2,3)39-27-35-17-15-33-19-23-45(47-25-21-37(29-39)53(35)55(33)47)49-31-51-44-14-10-8-12-42(44)50(32-52(51)43-13-9-7-11-41(43)49)46-24-20-34-16-18-36-28-40(58(4,5)6)30-38-22-26-48(46)56(34)54(36)38/h7-32H,1-6H3. The molecule has 0 aliphatic rings. The Labute approximate surface area is 339 Å². The van der Waals surface area contributed by atoms with Crippen molar-refractivity contribution in [1.29, 1.82) is 0 Å². The summed E-state index contributed by atoms with van der Waals surface area (Å²) in [6, 6.07) is 60.9. The van der Waals surface area contributed by atoms with Crippen LogP contribution in [0.5, 0.6) is 0 Å². The highest BCUT2D eigenvalue weighted by molar-refractivity contribution is 6.31. The van der Waals surface area contributed by atoms with E-state index in [1.165, 1.54) is 130 Å². The maximum Gasteiger partial charge on any atom is -0.00206 e. The Morgan fingerprint density at radius 2 is 0.569 bits per heavy atom. The molecule has 276 valence electrons. The number of benzene rings is 12. The van der Waals surface area contributed by atoms with E-state index in [4.69, 9.17) is 0 Å². The van der Waals surface area contributed by atoms with Crippen LogP contribution in [-0.4, -0.2) is 0 Å². The first-order valence-electron chi connectivity index (χ1n) is 20.8. The third-order valence-electron chi connectivity index (χ3n) is 13.4. The summed E-state index contributed by atoms with van der Waals surface area (Å²) in [6.07, 6.45) is 0. The van der Waals surface area contributed by atoms with Crippen LogP contribution in [0.25, 0.3) is 119 Å². The van der Waals surface area contributed by atoms with Gasteiger partial charge >= 0.3 is 0 Å². The molecule has 0 bridgehead atoms. The van der Waals surface area contributed by atoms with Crippen molar-refractivity contribution in [2.24, 2.45) is 0 Å². The minimum atomic E-state index is 0.0821. The molecular formula is C58H44. The van der Waals surface area contributed by atoms with Gasteiger partial charge in [0.2, 0.25) is 0 Å². The largest absolute Gasteiger partial charge is 0.0616 e. The Bertz CT molecular complexity index is 3390. The van der Waals surface area contributed by atoms with E-state index >= 15 is 0 Å². The van der Waals surface area contributed by atoms with Crippen LogP contribution in [0.4, 0.5) is 0 Å². The maximum absolute atomic E-state index is 2.49. The van der Waals surface area contributed by atoms with Crippen molar-refractivity contribution < 1.29 is 0 Å². The molecule has 0 saturated carbocycles. The van der Waals surface area contributed by atoms with Crippen LogP contribution in [0.15, 0.2) is 158 Å². The minimum absolute atomic E-state index is 0.0821. The molecule has 0 aliphatic heterocycles.